The van der Waals surface area contributed by atoms with Gasteiger partial charge in [0.05, 0.1) is 13.2 Å². The fourth-order valence-electron chi connectivity index (χ4n) is 1.64. The second-order valence-electron chi connectivity index (χ2n) is 4.14. The molecular formula is C13H15Cl2NO4. The summed E-state index contributed by atoms with van der Waals surface area (Å²) in [4.78, 5) is 10.2. The summed E-state index contributed by atoms with van der Waals surface area (Å²) >= 11 is 10.9. The molecule has 0 unspecified atom stereocenters. The minimum Gasteiger partial charge on any atom is -0.488 e. The van der Waals surface area contributed by atoms with E-state index in [0.717, 1.165) is 5.56 Å². The molecule has 110 valence electrons. The van der Waals surface area contributed by atoms with E-state index in [0.29, 0.717) is 32.1 Å². The molecule has 0 radical (unpaired) electrons. The third kappa shape index (κ3) is 4.83. The highest BCUT2D eigenvalue weighted by atomic mass is 35.5. The first-order valence-electron chi connectivity index (χ1n) is 6.16. The minimum atomic E-state index is -1.05. The molecule has 1 saturated heterocycles. The first-order valence-corrected chi connectivity index (χ1v) is 7.03. The van der Waals surface area contributed by atoms with Crippen LogP contribution < -0.4 is 10.1 Å². The van der Waals surface area contributed by atoms with Gasteiger partial charge in [0, 0.05) is 6.54 Å². The maximum Gasteiger partial charge on any atom is 0.253 e. The van der Waals surface area contributed by atoms with Gasteiger partial charge >= 0.3 is 0 Å². The van der Waals surface area contributed by atoms with Crippen LogP contribution in [0.15, 0.2) is 24.3 Å². The lowest BCUT2D eigenvalue weighted by Gasteiger charge is -2.11. The molecule has 1 aromatic rings. The van der Waals surface area contributed by atoms with Crippen molar-refractivity contribution >= 4 is 29.1 Å². The maximum absolute atomic E-state index is 11.2. The third-order valence-electron chi connectivity index (χ3n) is 2.67. The van der Waals surface area contributed by atoms with Crippen molar-refractivity contribution in [3.05, 3.63) is 29.8 Å². The van der Waals surface area contributed by atoms with Gasteiger partial charge in [0.2, 0.25) is 0 Å². The molecule has 1 aliphatic rings. The summed E-state index contributed by atoms with van der Waals surface area (Å²) in [6.07, 6.45) is -0.293. The SMILES string of the molecule is O=C(NCc1ccc(OCC2OCCO2)cc1)C(Cl)Cl. The number of hydrogen-bond acceptors (Lipinski definition) is 4. The molecule has 5 nitrogen and oxygen atoms in total. The van der Waals surface area contributed by atoms with Gasteiger partial charge in [0.1, 0.15) is 12.4 Å². The summed E-state index contributed by atoms with van der Waals surface area (Å²) in [5, 5.41) is 2.61. The standard InChI is InChI=1S/C13H15Cl2NO4/c14-12(15)13(17)16-7-9-1-3-10(4-2-9)20-8-11-18-5-6-19-11/h1-4,11-12H,5-8H2,(H,16,17). The fraction of sp³-hybridized carbons (Fsp3) is 0.462. The molecule has 1 aliphatic heterocycles. The van der Waals surface area contributed by atoms with Crippen LogP contribution in [0.5, 0.6) is 5.75 Å². The van der Waals surface area contributed by atoms with Gasteiger partial charge in [-0.3, -0.25) is 4.79 Å². The van der Waals surface area contributed by atoms with Gasteiger partial charge in [-0.05, 0) is 17.7 Å². The number of hydrogen-bond donors (Lipinski definition) is 1. The van der Waals surface area contributed by atoms with Crippen LogP contribution in [0.2, 0.25) is 0 Å². The first-order chi connectivity index (χ1) is 9.65. The predicted octanol–water partition coefficient (Wildman–Crippen LogP) is 1.86. The Kier molecular flexibility index (Phi) is 5.91. The Balaban J connectivity index is 1.75. The van der Waals surface area contributed by atoms with Gasteiger partial charge in [-0.25, -0.2) is 0 Å². The summed E-state index contributed by atoms with van der Waals surface area (Å²) in [6.45, 7) is 1.93. The number of carbonyl (C=O) groups is 1. The van der Waals surface area contributed by atoms with Gasteiger partial charge in [0.25, 0.3) is 5.91 Å². The zero-order chi connectivity index (χ0) is 14.4. The predicted molar refractivity (Wildman–Crippen MR) is 75.0 cm³/mol. The van der Waals surface area contributed by atoms with E-state index in [2.05, 4.69) is 5.32 Å². The Hall–Kier alpha value is -1.01. The van der Waals surface area contributed by atoms with E-state index in [9.17, 15) is 4.79 Å². The van der Waals surface area contributed by atoms with Crippen molar-refractivity contribution in [2.45, 2.75) is 17.7 Å². The molecule has 1 heterocycles. The van der Waals surface area contributed by atoms with Crippen LogP contribution in [-0.2, 0) is 20.8 Å². The molecule has 0 spiro atoms. The van der Waals surface area contributed by atoms with Crippen molar-refractivity contribution in [1.82, 2.24) is 5.32 Å². The highest BCUT2D eigenvalue weighted by molar-refractivity contribution is 6.53. The molecule has 0 bridgehead atoms. The smallest absolute Gasteiger partial charge is 0.253 e. The van der Waals surface area contributed by atoms with Crippen LogP contribution in [0.1, 0.15) is 5.56 Å². The van der Waals surface area contributed by atoms with Crippen molar-refractivity contribution in [3.8, 4) is 5.75 Å². The van der Waals surface area contributed by atoms with Crippen molar-refractivity contribution in [2.75, 3.05) is 19.8 Å². The van der Waals surface area contributed by atoms with Crippen molar-refractivity contribution in [3.63, 3.8) is 0 Å². The number of carbonyl (C=O) groups excluding carboxylic acids is 1. The number of benzene rings is 1. The Morgan fingerprint density at radius 1 is 1.30 bits per heavy atom. The van der Waals surface area contributed by atoms with Gasteiger partial charge in [0.15, 0.2) is 11.1 Å². The number of amides is 1. The van der Waals surface area contributed by atoms with Gasteiger partial charge in [-0.1, -0.05) is 35.3 Å². The van der Waals surface area contributed by atoms with Gasteiger partial charge in [-0.2, -0.15) is 0 Å². The van der Waals surface area contributed by atoms with E-state index in [1.54, 1.807) is 0 Å². The third-order valence-corrected chi connectivity index (χ3v) is 3.06. The Labute approximate surface area is 127 Å². The average Bonchev–Trinajstić information content (AvgIpc) is 2.96. The van der Waals surface area contributed by atoms with E-state index < -0.39 is 10.7 Å². The lowest BCUT2D eigenvalue weighted by Crippen LogP contribution is -2.27. The van der Waals surface area contributed by atoms with E-state index in [1.165, 1.54) is 0 Å². The molecule has 0 saturated carbocycles. The highest BCUT2D eigenvalue weighted by Gasteiger charge is 2.16. The number of rotatable bonds is 6. The Morgan fingerprint density at radius 2 is 1.95 bits per heavy atom. The van der Waals surface area contributed by atoms with E-state index in [-0.39, 0.29) is 6.29 Å². The lowest BCUT2D eigenvalue weighted by molar-refractivity contribution is -0.119. The Morgan fingerprint density at radius 3 is 2.55 bits per heavy atom. The number of halogens is 2. The van der Waals surface area contributed by atoms with Crippen molar-refractivity contribution < 1.29 is 19.0 Å². The van der Waals surface area contributed by atoms with Crippen LogP contribution in [0, 0.1) is 0 Å². The molecule has 7 heteroatoms. The highest BCUT2D eigenvalue weighted by Crippen LogP contribution is 2.14. The van der Waals surface area contributed by atoms with E-state index in [1.807, 2.05) is 24.3 Å². The molecule has 2 rings (SSSR count). The largest absolute Gasteiger partial charge is 0.488 e. The molecule has 1 aromatic carbocycles. The number of alkyl halides is 2. The molecule has 1 N–H and O–H groups in total. The monoisotopic (exact) mass is 319 g/mol. The van der Waals surface area contributed by atoms with Crippen LogP contribution in [-0.4, -0.2) is 36.9 Å². The summed E-state index contributed by atoms with van der Waals surface area (Å²) in [6, 6.07) is 7.33. The number of ether oxygens (including phenoxy) is 3. The van der Waals surface area contributed by atoms with Crippen molar-refractivity contribution in [2.24, 2.45) is 0 Å². The van der Waals surface area contributed by atoms with Gasteiger partial charge in [-0.15, -0.1) is 0 Å². The summed E-state index contributed by atoms with van der Waals surface area (Å²) < 4.78 is 16.1. The van der Waals surface area contributed by atoms with E-state index >= 15 is 0 Å². The summed E-state index contributed by atoms with van der Waals surface area (Å²) in [5.74, 6) is 0.302. The molecule has 1 fully saturated rings. The Bertz CT molecular complexity index is 433. The zero-order valence-corrected chi connectivity index (χ0v) is 12.2. The second kappa shape index (κ2) is 7.69. The summed E-state index contributed by atoms with van der Waals surface area (Å²) in [7, 11) is 0. The molecule has 0 aliphatic carbocycles. The maximum atomic E-state index is 11.2. The molecule has 0 aromatic heterocycles. The number of nitrogens with one attached hydrogen (secondary N) is 1. The summed E-state index contributed by atoms with van der Waals surface area (Å²) in [5.41, 5.74) is 0.924. The first kappa shape index (κ1) is 15.4. The molecule has 1 amide bonds. The lowest BCUT2D eigenvalue weighted by atomic mass is 10.2. The van der Waals surface area contributed by atoms with Gasteiger partial charge < -0.3 is 19.5 Å². The second-order valence-corrected chi connectivity index (χ2v) is 5.24. The zero-order valence-electron chi connectivity index (χ0n) is 10.7. The van der Waals surface area contributed by atoms with Crippen LogP contribution in [0.3, 0.4) is 0 Å². The quantitative estimate of drug-likeness (QED) is 0.813. The van der Waals surface area contributed by atoms with E-state index in [4.69, 9.17) is 37.4 Å². The molecule has 20 heavy (non-hydrogen) atoms. The fourth-order valence-corrected chi connectivity index (χ4v) is 1.79. The topological polar surface area (TPSA) is 56.8 Å². The molecular weight excluding hydrogens is 305 g/mol. The normalized spacial score (nSPS) is 15.6. The minimum absolute atomic E-state index is 0.293. The van der Waals surface area contributed by atoms with Crippen LogP contribution in [0.4, 0.5) is 0 Å². The van der Waals surface area contributed by atoms with Crippen LogP contribution >= 0.6 is 23.2 Å². The van der Waals surface area contributed by atoms with Crippen LogP contribution in [0.25, 0.3) is 0 Å². The van der Waals surface area contributed by atoms with Crippen molar-refractivity contribution in [1.29, 1.82) is 0 Å². The molecule has 0 atom stereocenters. The average molecular weight is 320 g/mol.